The Hall–Kier alpha value is -1.90. The molecule has 3 rings (SSSR count). The van der Waals surface area contributed by atoms with Crippen molar-refractivity contribution in [3.05, 3.63) is 44.8 Å². The number of hydrogen-bond acceptors (Lipinski definition) is 7. The molecule has 2 heterocycles. The van der Waals surface area contributed by atoms with Crippen molar-refractivity contribution in [2.75, 3.05) is 11.6 Å². The highest BCUT2D eigenvalue weighted by Gasteiger charge is 2.15. The summed E-state index contributed by atoms with van der Waals surface area (Å²) in [6.45, 7) is 1.79. The molecular formula is C14H10ClN3O3S2. The van der Waals surface area contributed by atoms with Crippen LogP contribution >= 0.6 is 34.7 Å². The highest BCUT2D eigenvalue weighted by molar-refractivity contribution is 8.00. The van der Waals surface area contributed by atoms with Gasteiger partial charge in [-0.25, -0.2) is 0 Å². The zero-order chi connectivity index (χ0) is 16.6. The van der Waals surface area contributed by atoms with E-state index in [9.17, 15) is 9.59 Å². The van der Waals surface area contributed by atoms with Gasteiger partial charge in [-0.1, -0.05) is 34.7 Å². The molecule has 0 aliphatic heterocycles. The number of amides is 1. The molecule has 0 saturated heterocycles. The van der Waals surface area contributed by atoms with Crippen molar-refractivity contribution in [2.45, 2.75) is 11.3 Å². The molecule has 6 nitrogen and oxygen atoms in total. The van der Waals surface area contributed by atoms with Crippen LogP contribution in [-0.4, -0.2) is 22.4 Å². The summed E-state index contributed by atoms with van der Waals surface area (Å²) >= 11 is 8.68. The van der Waals surface area contributed by atoms with E-state index in [2.05, 4.69) is 15.5 Å². The van der Waals surface area contributed by atoms with Gasteiger partial charge < -0.3 is 4.42 Å². The van der Waals surface area contributed by atoms with Crippen molar-refractivity contribution >= 4 is 56.7 Å². The van der Waals surface area contributed by atoms with E-state index in [1.165, 1.54) is 29.2 Å². The van der Waals surface area contributed by atoms with Gasteiger partial charge in [0.05, 0.1) is 5.39 Å². The normalized spacial score (nSPS) is 10.9. The molecular weight excluding hydrogens is 358 g/mol. The standard InChI is InChI=1S/C14H10ClN3O3S2/c1-6-3-10-7(4-8(6)15)9(19)5-11(21-10)12(20)16-13-17-18-14(22-2)23-13/h3-5H,1-2H3,(H,16,17,20). The highest BCUT2D eigenvalue weighted by atomic mass is 35.5. The molecule has 0 unspecified atom stereocenters. The van der Waals surface area contributed by atoms with Crippen molar-refractivity contribution in [1.29, 1.82) is 0 Å². The number of nitrogens with one attached hydrogen (secondary N) is 1. The van der Waals surface area contributed by atoms with Gasteiger partial charge >= 0.3 is 0 Å². The number of anilines is 1. The van der Waals surface area contributed by atoms with Crippen LogP contribution in [0.2, 0.25) is 5.02 Å². The van der Waals surface area contributed by atoms with Gasteiger partial charge in [0.2, 0.25) is 5.13 Å². The third-order valence-corrected chi connectivity index (χ3v) is 5.26. The molecule has 1 amide bonds. The summed E-state index contributed by atoms with van der Waals surface area (Å²) in [5, 5.41) is 11.4. The molecule has 0 aliphatic rings. The summed E-state index contributed by atoms with van der Waals surface area (Å²) in [6, 6.07) is 4.31. The summed E-state index contributed by atoms with van der Waals surface area (Å²) in [7, 11) is 0. The molecule has 1 N–H and O–H groups in total. The van der Waals surface area contributed by atoms with Crippen LogP contribution in [0, 0.1) is 6.92 Å². The van der Waals surface area contributed by atoms with Crippen LogP contribution in [0.3, 0.4) is 0 Å². The van der Waals surface area contributed by atoms with Gasteiger partial charge in [0.1, 0.15) is 5.58 Å². The number of hydrogen-bond donors (Lipinski definition) is 1. The fourth-order valence-corrected chi connectivity index (χ4v) is 3.22. The Kier molecular flexibility index (Phi) is 4.38. The van der Waals surface area contributed by atoms with E-state index in [-0.39, 0.29) is 11.2 Å². The lowest BCUT2D eigenvalue weighted by atomic mass is 10.1. The lowest BCUT2D eigenvalue weighted by Gasteiger charge is -2.04. The Morgan fingerprint density at radius 2 is 2.13 bits per heavy atom. The second-order valence-electron chi connectivity index (χ2n) is 4.60. The van der Waals surface area contributed by atoms with Crippen LogP contribution in [0.1, 0.15) is 16.1 Å². The van der Waals surface area contributed by atoms with Crippen LogP contribution in [0.4, 0.5) is 5.13 Å². The predicted octanol–water partition coefficient (Wildman–Crippen LogP) is 3.58. The lowest BCUT2D eigenvalue weighted by Crippen LogP contribution is -2.15. The van der Waals surface area contributed by atoms with E-state index >= 15 is 0 Å². The molecule has 0 atom stereocenters. The number of fused-ring (bicyclic) bond motifs is 1. The topological polar surface area (TPSA) is 85.1 Å². The fourth-order valence-electron chi connectivity index (χ4n) is 1.89. The number of thioether (sulfide) groups is 1. The minimum atomic E-state index is -0.555. The largest absolute Gasteiger partial charge is 0.451 e. The van der Waals surface area contributed by atoms with Gasteiger partial charge in [-0.3, -0.25) is 14.9 Å². The van der Waals surface area contributed by atoms with E-state index in [1.54, 1.807) is 13.0 Å². The number of rotatable bonds is 3. The van der Waals surface area contributed by atoms with Gasteiger partial charge in [-0.15, -0.1) is 10.2 Å². The Bertz CT molecular complexity index is 968. The van der Waals surface area contributed by atoms with Crippen LogP contribution in [-0.2, 0) is 0 Å². The van der Waals surface area contributed by atoms with Gasteiger partial charge in [-0.2, -0.15) is 0 Å². The minimum absolute atomic E-state index is 0.0925. The Morgan fingerprint density at radius 1 is 1.35 bits per heavy atom. The van der Waals surface area contributed by atoms with Crippen LogP contribution in [0.5, 0.6) is 0 Å². The van der Waals surface area contributed by atoms with Crippen molar-refractivity contribution in [3.8, 4) is 0 Å². The van der Waals surface area contributed by atoms with E-state index in [0.29, 0.717) is 21.1 Å². The molecule has 0 bridgehead atoms. The van der Waals surface area contributed by atoms with Crippen LogP contribution in [0.15, 0.2) is 31.8 Å². The average Bonchev–Trinajstić information content (AvgIpc) is 2.96. The first-order valence-corrected chi connectivity index (χ1v) is 8.82. The number of nitrogens with zero attached hydrogens (tertiary/aromatic N) is 2. The maximum absolute atomic E-state index is 12.2. The average molecular weight is 368 g/mol. The van der Waals surface area contributed by atoms with Crippen molar-refractivity contribution in [1.82, 2.24) is 10.2 Å². The zero-order valence-corrected chi connectivity index (χ0v) is 14.4. The van der Waals surface area contributed by atoms with Crippen LogP contribution < -0.4 is 10.7 Å². The van der Waals surface area contributed by atoms with Gasteiger partial charge in [0, 0.05) is 11.1 Å². The SMILES string of the molecule is CSc1nnc(NC(=O)c2cc(=O)c3cc(Cl)c(C)cc3o2)s1. The first kappa shape index (κ1) is 16.0. The molecule has 0 radical (unpaired) electrons. The molecule has 0 aliphatic carbocycles. The van der Waals surface area contributed by atoms with E-state index in [1.807, 2.05) is 6.26 Å². The number of carbonyl (C=O) groups excluding carboxylic acids is 1. The molecule has 1 aromatic carbocycles. The second-order valence-corrected chi connectivity index (χ2v) is 7.04. The smallest absolute Gasteiger partial charge is 0.293 e. The first-order chi connectivity index (χ1) is 11.0. The van der Waals surface area contributed by atoms with Gasteiger partial charge in [0.25, 0.3) is 5.91 Å². The number of halogens is 1. The lowest BCUT2D eigenvalue weighted by molar-refractivity contribution is 0.0997. The molecule has 0 fully saturated rings. The quantitative estimate of drug-likeness (QED) is 0.562. The van der Waals surface area contributed by atoms with E-state index in [4.69, 9.17) is 16.0 Å². The monoisotopic (exact) mass is 367 g/mol. The van der Waals surface area contributed by atoms with Crippen LogP contribution in [0.25, 0.3) is 11.0 Å². The predicted molar refractivity (Wildman–Crippen MR) is 91.9 cm³/mol. The zero-order valence-electron chi connectivity index (χ0n) is 12.0. The van der Waals surface area contributed by atoms with E-state index < -0.39 is 5.91 Å². The van der Waals surface area contributed by atoms with Crippen molar-refractivity contribution < 1.29 is 9.21 Å². The number of aryl methyl sites for hydroxylation is 1. The molecule has 118 valence electrons. The third kappa shape index (κ3) is 3.24. The summed E-state index contributed by atoms with van der Waals surface area (Å²) in [5.74, 6) is -0.648. The fraction of sp³-hybridized carbons (Fsp3) is 0.143. The number of carbonyl (C=O) groups is 1. The maximum atomic E-state index is 12.2. The van der Waals surface area contributed by atoms with E-state index in [0.717, 1.165) is 16.0 Å². The third-order valence-electron chi connectivity index (χ3n) is 3.03. The second kappa shape index (κ2) is 6.31. The van der Waals surface area contributed by atoms with Crippen molar-refractivity contribution in [3.63, 3.8) is 0 Å². The first-order valence-electron chi connectivity index (χ1n) is 6.41. The molecule has 23 heavy (non-hydrogen) atoms. The molecule has 3 aromatic rings. The van der Waals surface area contributed by atoms with Gasteiger partial charge in [-0.05, 0) is 30.9 Å². The summed E-state index contributed by atoms with van der Waals surface area (Å²) in [5.41, 5.74) is 0.737. The Labute approximate surface area is 143 Å². The molecule has 2 aromatic heterocycles. The van der Waals surface area contributed by atoms with Crippen molar-refractivity contribution in [2.24, 2.45) is 0 Å². The maximum Gasteiger partial charge on any atom is 0.293 e. The molecule has 0 spiro atoms. The van der Waals surface area contributed by atoms with Gasteiger partial charge in [0.15, 0.2) is 15.5 Å². The molecule has 0 saturated carbocycles. The summed E-state index contributed by atoms with van der Waals surface area (Å²) < 4.78 is 6.25. The molecule has 9 heteroatoms. The summed E-state index contributed by atoms with van der Waals surface area (Å²) in [4.78, 5) is 24.4. The minimum Gasteiger partial charge on any atom is -0.451 e. The Morgan fingerprint density at radius 3 is 2.83 bits per heavy atom. The summed E-state index contributed by atoms with van der Waals surface area (Å²) in [6.07, 6.45) is 1.86. The number of aromatic nitrogens is 2. The number of benzene rings is 1. The Balaban J connectivity index is 1.97. The highest BCUT2D eigenvalue weighted by Crippen LogP contribution is 2.25.